The summed E-state index contributed by atoms with van der Waals surface area (Å²) in [6.07, 6.45) is 11.7. The number of hydrogen-bond acceptors (Lipinski definition) is 2. The van der Waals surface area contributed by atoms with E-state index in [1.54, 1.807) is 0 Å². The lowest BCUT2D eigenvalue weighted by Crippen LogP contribution is -2.38. The molecule has 2 unspecified atom stereocenters. The second-order valence-electron chi connectivity index (χ2n) is 5.92. The zero-order valence-electron chi connectivity index (χ0n) is 11.4. The standard InChI is InChI=1S/C15H29NS/c1-2-9-16-15(14-8-10-17-12-14)11-13-6-4-3-5-7-13/h13-16H,2-12H2,1H3. The Bertz CT molecular complexity index is 195. The third-order valence-electron chi connectivity index (χ3n) is 4.50. The molecule has 1 aliphatic carbocycles. The molecular formula is C15H29NS. The molecule has 1 saturated carbocycles. The number of hydrogen-bond donors (Lipinski definition) is 1. The first-order valence-electron chi connectivity index (χ1n) is 7.71. The zero-order valence-corrected chi connectivity index (χ0v) is 12.2. The quantitative estimate of drug-likeness (QED) is 0.767. The van der Waals surface area contributed by atoms with Crippen molar-refractivity contribution in [2.45, 2.75) is 64.3 Å². The molecule has 0 aromatic carbocycles. The van der Waals surface area contributed by atoms with Gasteiger partial charge in [-0.05, 0) is 49.1 Å². The molecule has 100 valence electrons. The Balaban J connectivity index is 1.80. The van der Waals surface area contributed by atoms with Crippen LogP contribution in [0.15, 0.2) is 0 Å². The average Bonchev–Trinajstić information content (AvgIpc) is 2.89. The molecule has 1 nitrogen and oxygen atoms in total. The fourth-order valence-corrected chi connectivity index (χ4v) is 4.76. The molecule has 17 heavy (non-hydrogen) atoms. The van der Waals surface area contributed by atoms with E-state index in [0.29, 0.717) is 0 Å². The predicted molar refractivity (Wildman–Crippen MR) is 78.7 cm³/mol. The molecule has 2 atom stereocenters. The highest BCUT2D eigenvalue weighted by Gasteiger charge is 2.27. The number of rotatable bonds is 6. The first kappa shape index (κ1) is 13.7. The van der Waals surface area contributed by atoms with E-state index in [-0.39, 0.29) is 0 Å². The van der Waals surface area contributed by atoms with E-state index < -0.39 is 0 Å². The molecule has 0 spiro atoms. The molecule has 2 aliphatic rings. The second-order valence-corrected chi connectivity index (χ2v) is 7.07. The van der Waals surface area contributed by atoms with Crippen LogP contribution in [-0.2, 0) is 0 Å². The van der Waals surface area contributed by atoms with Gasteiger partial charge < -0.3 is 5.32 Å². The smallest absolute Gasteiger partial charge is 0.0106 e. The second kappa shape index (κ2) is 7.68. The summed E-state index contributed by atoms with van der Waals surface area (Å²) in [7, 11) is 0. The summed E-state index contributed by atoms with van der Waals surface area (Å²) in [5, 5.41) is 3.85. The molecule has 2 fully saturated rings. The minimum absolute atomic E-state index is 0.827. The Labute approximate surface area is 112 Å². The number of thioether (sulfide) groups is 1. The van der Waals surface area contributed by atoms with Gasteiger partial charge >= 0.3 is 0 Å². The molecule has 1 heterocycles. The lowest BCUT2D eigenvalue weighted by molar-refractivity contribution is 0.260. The first-order chi connectivity index (χ1) is 8.40. The fraction of sp³-hybridized carbons (Fsp3) is 1.00. The average molecular weight is 255 g/mol. The molecule has 0 aromatic rings. The lowest BCUT2D eigenvalue weighted by Gasteiger charge is -2.30. The van der Waals surface area contributed by atoms with Crippen molar-refractivity contribution in [1.82, 2.24) is 5.32 Å². The maximum atomic E-state index is 3.85. The van der Waals surface area contributed by atoms with Gasteiger partial charge in [0.2, 0.25) is 0 Å². The van der Waals surface area contributed by atoms with Crippen LogP contribution >= 0.6 is 11.8 Å². The summed E-state index contributed by atoms with van der Waals surface area (Å²) in [4.78, 5) is 0. The molecule has 2 rings (SSSR count). The van der Waals surface area contributed by atoms with Crippen molar-refractivity contribution in [2.75, 3.05) is 18.1 Å². The van der Waals surface area contributed by atoms with Crippen molar-refractivity contribution < 1.29 is 0 Å². The monoisotopic (exact) mass is 255 g/mol. The Kier molecular flexibility index (Phi) is 6.21. The molecule has 1 saturated heterocycles. The van der Waals surface area contributed by atoms with Crippen LogP contribution in [-0.4, -0.2) is 24.1 Å². The lowest BCUT2D eigenvalue weighted by atomic mass is 9.81. The maximum absolute atomic E-state index is 3.85. The van der Waals surface area contributed by atoms with E-state index >= 15 is 0 Å². The van der Waals surface area contributed by atoms with Gasteiger partial charge in [-0.2, -0.15) is 11.8 Å². The summed E-state index contributed by atoms with van der Waals surface area (Å²) in [5.74, 6) is 4.81. The van der Waals surface area contributed by atoms with Gasteiger partial charge in [0.15, 0.2) is 0 Å². The maximum Gasteiger partial charge on any atom is 0.0106 e. The van der Waals surface area contributed by atoms with E-state index in [4.69, 9.17) is 0 Å². The predicted octanol–water partition coefficient (Wildman–Crippen LogP) is 4.08. The van der Waals surface area contributed by atoms with Crippen LogP contribution in [0.5, 0.6) is 0 Å². The van der Waals surface area contributed by atoms with E-state index in [0.717, 1.165) is 17.9 Å². The van der Waals surface area contributed by atoms with Crippen LogP contribution in [0.3, 0.4) is 0 Å². The van der Waals surface area contributed by atoms with E-state index in [9.17, 15) is 0 Å². The Morgan fingerprint density at radius 2 is 2.00 bits per heavy atom. The summed E-state index contributed by atoms with van der Waals surface area (Å²) in [5.41, 5.74) is 0. The van der Waals surface area contributed by atoms with Gasteiger partial charge in [-0.15, -0.1) is 0 Å². The van der Waals surface area contributed by atoms with E-state index in [1.165, 1.54) is 69.4 Å². The summed E-state index contributed by atoms with van der Waals surface area (Å²) < 4.78 is 0. The van der Waals surface area contributed by atoms with Gasteiger partial charge in [0, 0.05) is 6.04 Å². The third-order valence-corrected chi connectivity index (χ3v) is 5.69. The van der Waals surface area contributed by atoms with Crippen molar-refractivity contribution in [3.63, 3.8) is 0 Å². The summed E-state index contributed by atoms with van der Waals surface area (Å²) in [6, 6.07) is 0.827. The summed E-state index contributed by atoms with van der Waals surface area (Å²) >= 11 is 2.17. The van der Waals surface area contributed by atoms with E-state index in [2.05, 4.69) is 24.0 Å². The van der Waals surface area contributed by atoms with Crippen molar-refractivity contribution in [3.05, 3.63) is 0 Å². The van der Waals surface area contributed by atoms with Crippen LogP contribution in [0, 0.1) is 11.8 Å². The SMILES string of the molecule is CCCNC(CC1CCCCC1)C1CCSC1. The van der Waals surface area contributed by atoms with Crippen LogP contribution in [0.4, 0.5) is 0 Å². The molecular weight excluding hydrogens is 226 g/mol. The van der Waals surface area contributed by atoms with Gasteiger partial charge in [-0.1, -0.05) is 39.0 Å². The van der Waals surface area contributed by atoms with Crippen molar-refractivity contribution in [1.29, 1.82) is 0 Å². The molecule has 0 aromatic heterocycles. The van der Waals surface area contributed by atoms with Gasteiger partial charge in [0.05, 0.1) is 0 Å². The van der Waals surface area contributed by atoms with Crippen LogP contribution in [0.25, 0.3) is 0 Å². The summed E-state index contributed by atoms with van der Waals surface area (Å²) in [6.45, 7) is 3.51. The van der Waals surface area contributed by atoms with Crippen LogP contribution < -0.4 is 5.32 Å². The fourth-order valence-electron chi connectivity index (χ4n) is 3.42. The third kappa shape index (κ3) is 4.48. The number of nitrogens with one attached hydrogen (secondary N) is 1. The minimum Gasteiger partial charge on any atom is -0.314 e. The van der Waals surface area contributed by atoms with Gasteiger partial charge in [0.1, 0.15) is 0 Å². The van der Waals surface area contributed by atoms with E-state index in [1.807, 2.05) is 0 Å². The first-order valence-corrected chi connectivity index (χ1v) is 8.86. The van der Waals surface area contributed by atoms with Crippen molar-refractivity contribution in [3.8, 4) is 0 Å². The molecule has 1 N–H and O–H groups in total. The van der Waals surface area contributed by atoms with Gasteiger partial charge in [0.25, 0.3) is 0 Å². The molecule has 0 bridgehead atoms. The Hall–Kier alpha value is 0.310. The molecule has 1 aliphatic heterocycles. The van der Waals surface area contributed by atoms with Crippen LogP contribution in [0.2, 0.25) is 0 Å². The zero-order chi connectivity index (χ0) is 11.9. The highest BCUT2D eigenvalue weighted by Crippen LogP contribution is 2.33. The molecule has 2 heteroatoms. The molecule has 0 amide bonds. The Morgan fingerprint density at radius 3 is 2.65 bits per heavy atom. The van der Waals surface area contributed by atoms with Crippen molar-refractivity contribution in [2.24, 2.45) is 11.8 Å². The normalized spacial score (nSPS) is 28.4. The highest BCUT2D eigenvalue weighted by molar-refractivity contribution is 7.99. The topological polar surface area (TPSA) is 12.0 Å². The molecule has 0 radical (unpaired) electrons. The van der Waals surface area contributed by atoms with Crippen molar-refractivity contribution >= 4 is 11.8 Å². The minimum atomic E-state index is 0.827. The Morgan fingerprint density at radius 1 is 1.18 bits per heavy atom. The highest BCUT2D eigenvalue weighted by atomic mass is 32.2. The van der Waals surface area contributed by atoms with Gasteiger partial charge in [-0.3, -0.25) is 0 Å². The van der Waals surface area contributed by atoms with Gasteiger partial charge in [-0.25, -0.2) is 0 Å². The van der Waals surface area contributed by atoms with Crippen LogP contribution in [0.1, 0.15) is 58.3 Å². The largest absolute Gasteiger partial charge is 0.314 e.